The number of carboxylic acid groups (broad SMARTS) is 1. The molecule has 1 heterocycles. The molecule has 0 bridgehead atoms. The van der Waals surface area contributed by atoms with Gasteiger partial charge in [-0.3, -0.25) is 4.79 Å². The number of carbonyl (C=O) groups is 2. The van der Waals surface area contributed by atoms with Crippen LogP contribution in [0.15, 0.2) is 29.2 Å². The number of aromatic carboxylic acids is 1. The molecule has 0 spiro atoms. The molecule has 0 aromatic heterocycles. The molecule has 0 atom stereocenters. The van der Waals surface area contributed by atoms with Crippen LogP contribution in [0.5, 0.6) is 0 Å². The van der Waals surface area contributed by atoms with Gasteiger partial charge in [-0.05, 0) is 18.2 Å². The third kappa shape index (κ3) is 3.22. The summed E-state index contributed by atoms with van der Waals surface area (Å²) in [7, 11) is -3.74. The first-order chi connectivity index (χ1) is 9.82. The number of carboxylic acids is 1. The second kappa shape index (κ2) is 5.82. The Morgan fingerprint density at radius 2 is 1.76 bits per heavy atom. The van der Waals surface area contributed by atoms with Crippen LogP contribution in [0.4, 0.5) is 0 Å². The van der Waals surface area contributed by atoms with E-state index in [1.807, 2.05) is 0 Å². The van der Waals surface area contributed by atoms with Crippen LogP contribution >= 0.6 is 0 Å². The Morgan fingerprint density at radius 1 is 1.14 bits per heavy atom. The fourth-order valence-electron chi connectivity index (χ4n) is 2.18. The van der Waals surface area contributed by atoms with Crippen molar-refractivity contribution in [3.63, 3.8) is 0 Å². The lowest BCUT2D eigenvalue weighted by Crippen LogP contribution is -2.49. The van der Waals surface area contributed by atoms with Crippen LogP contribution < -0.4 is 0 Å². The lowest BCUT2D eigenvalue weighted by atomic mass is 10.2. The minimum Gasteiger partial charge on any atom is -0.478 e. The largest absolute Gasteiger partial charge is 0.478 e. The monoisotopic (exact) mass is 312 g/mol. The highest BCUT2D eigenvalue weighted by Crippen LogP contribution is 2.19. The van der Waals surface area contributed by atoms with Gasteiger partial charge in [0.15, 0.2) is 0 Å². The van der Waals surface area contributed by atoms with Gasteiger partial charge in [-0.15, -0.1) is 0 Å². The highest BCUT2D eigenvalue weighted by atomic mass is 32.2. The van der Waals surface area contributed by atoms with E-state index in [-0.39, 0.29) is 29.5 Å². The Labute approximate surface area is 122 Å². The van der Waals surface area contributed by atoms with Crippen molar-refractivity contribution in [3.8, 4) is 0 Å². The summed E-state index contributed by atoms with van der Waals surface area (Å²) in [6, 6.07) is 5.27. The zero-order valence-electron chi connectivity index (χ0n) is 11.5. The van der Waals surface area contributed by atoms with Crippen LogP contribution in [0.25, 0.3) is 0 Å². The van der Waals surface area contributed by atoms with E-state index < -0.39 is 16.0 Å². The molecule has 0 saturated carbocycles. The predicted octanol–water partition coefficient (Wildman–Crippen LogP) is 0.238. The van der Waals surface area contributed by atoms with Gasteiger partial charge in [-0.25, -0.2) is 13.2 Å². The average molecular weight is 312 g/mol. The molecule has 1 aliphatic rings. The van der Waals surface area contributed by atoms with Crippen molar-refractivity contribution in [2.45, 2.75) is 11.8 Å². The molecular formula is C13H16N2O5S. The topological polar surface area (TPSA) is 95.0 Å². The molecule has 1 aromatic rings. The lowest BCUT2D eigenvalue weighted by molar-refractivity contribution is -0.129. The summed E-state index contributed by atoms with van der Waals surface area (Å²) in [6.45, 7) is 2.54. The molecule has 1 aromatic carbocycles. The highest BCUT2D eigenvalue weighted by Gasteiger charge is 2.29. The maximum atomic E-state index is 12.5. The normalized spacial score (nSPS) is 16.7. The molecule has 7 nitrogen and oxygen atoms in total. The van der Waals surface area contributed by atoms with Crippen molar-refractivity contribution < 1.29 is 23.1 Å². The summed E-state index contributed by atoms with van der Waals surface area (Å²) in [5, 5.41) is 8.93. The Balaban J connectivity index is 2.21. The molecule has 21 heavy (non-hydrogen) atoms. The minimum atomic E-state index is -3.74. The average Bonchev–Trinajstić information content (AvgIpc) is 2.47. The fourth-order valence-corrected chi connectivity index (χ4v) is 3.65. The summed E-state index contributed by atoms with van der Waals surface area (Å²) in [4.78, 5) is 23.7. The third-order valence-corrected chi connectivity index (χ3v) is 5.30. The molecule has 0 radical (unpaired) electrons. The van der Waals surface area contributed by atoms with Gasteiger partial charge < -0.3 is 10.0 Å². The summed E-state index contributed by atoms with van der Waals surface area (Å²) in [5.41, 5.74) is -0.0709. The summed E-state index contributed by atoms with van der Waals surface area (Å²) < 4.78 is 26.2. The number of hydrogen-bond acceptors (Lipinski definition) is 4. The first kappa shape index (κ1) is 15.5. The van der Waals surface area contributed by atoms with Crippen molar-refractivity contribution in [1.29, 1.82) is 0 Å². The maximum absolute atomic E-state index is 12.5. The van der Waals surface area contributed by atoms with Crippen LogP contribution in [0.2, 0.25) is 0 Å². The number of benzene rings is 1. The number of carbonyl (C=O) groups excluding carboxylic acids is 1. The van der Waals surface area contributed by atoms with E-state index in [1.54, 1.807) is 4.90 Å². The second-order valence-corrected chi connectivity index (χ2v) is 6.68. The minimum absolute atomic E-state index is 0.0429. The Bertz CT molecular complexity index is 663. The highest BCUT2D eigenvalue weighted by molar-refractivity contribution is 7.89. The van der Waals surface area contributed by atoms with Gasteiger partial charge in [0.25, 0.3) is 0 Å². The fraction of sp³-hybridized carbons (Fsp3) is 0.385. The van der Waals surface area contributed by atoms with Crippen LogP contribution in [0, 0.1) is 0 Å². The summed E-state index contributed by atoms with van der Waals surface area (Å²) in [6.07, 6.45) is 0. The second-order valence-electron chi connectivity index (χ2n) is 4.74. The Kier molecular flexibility index (Phi) is 4.29. The zero-order chi connectivity index (χ0) is 15.6. The van der Waals surface area contributed by atoms with Crippen molar-refractivity contribution in [3.05, 3.63) is 29.8 Å². The summed E-state index contributed by atoms with van der Waals surface area (Å²) in [5.74, 6) is -1.26. The van der Waals surface area contributed by atoms with Crippen LogP contribution in [0.1, 0.15) is 17.3 Å². The maximum Gasteiger partial charge on any atom is 0.335 e. The number of hydrogen-bond donors (Lipinski definition) is 1. The molecule has 1 amide bonds. The molecular weight excluding hydrogens is 296 g/mol. The quantitative estimate of drug-likeness (QED) is 0.862. The lowest BCUT2D eigenvalue weighted by Gasteiger charge is -2.33. The molecule has 1 N–H and O–H groups in total. The first-order valence-corrected chi connectivity index (χ1v) is 7.85. The van der Waals surface area contributed by atoms with E-state index >= 15 is 0 Å². The van der Waals surface area contributed by atoms with E-state index in [1.165, 1.54) is 29.4 Å². The smallest absolute Gasteiger partial charge is 0.335 e. The molecule has 0 unspecified atom stereocenters. The molecule has 1 fully saturated rings. The molecule has 8 heteroatoms. The van der Waals surface area contributed by atoms with Gasteiger partial charge in [0.2, 0.25) is 15.9 Å². The van der Waals surface area contributed by atoms with Gasteiger partial charge in [0.1, 0.15) is 0 Å². The van der Waals surface area contributed by atoms with Gasteiger partial charge in [0.05, 0.1) is 10.5 Å². The van der Waals surface area contributed by atoms with Crippen LogP contribution in [-0.2, 0) is 14.8 Å². The van der Waals surface area contributed by atoms with Gasteiger partial charge in [0, 0.05) is 33.1 Å². The van der Waals surface area contributed by atoms with E-state index in [0.29, 0.717) is 13.1 Å². The van der Waals surface area contributed by atoms with Crippen molar-refractivity contribution in [2.75, 3.05) is 26.2 Å². The third-order valence-electron chi connectivity index (χ3n) is 3.40. The number of piperazine rings is 1. The zero-order valence-corrected chi connectivity index (χ0v) is 12.3. The SMILES string of the molecule is CC(=O)N1CCN(S(=O)(=O)c2cccc(C(=O)O)c2)CC1. The standard InChI is InChI=1S/C13H16N2O5S/c1-10(16)14-5-7-15(8-6-14)21(19,20)12-4-2-3-11(9-12)13(17)18/h2-4,9H,5-8H2,1H3,(H,17,18). The molecule has 2 rings (SSSR count). The number of rotatable bonds is 3. The molecule has 1 aliphatic heterocycles. The van der Waals surface area contributed by atoms with E-state index in [2.05, 4.69) is 0 Å². The first-order valence-electron chi connectivity index (χ1n) is 6.41. The Hall–Kier alpha value is -1.93. The number of amides is 1. The van der Waals surface area contributed by atoms with Crippen molar-refractivity contribution >= 4 is 21.9 Å². The van der Waals surface area contributed by atoms with E-state index in [4.69, 9.17) is 5.11 Å². The van der Waals surface area contributed by atoms with Gasteiger partial charge >= 0.3 is 5.97 Å². The van der Waals surface area contributed by atoms with Crippen molar-refractivity contribution in [2.24, 2.45) is 0 Å². The molecule has 1 saturated heterocycles. The number of nitrogens with zero attached hydrogens (tertiary/aromatic N) is 2. The van der Waals surface area contributed by atoms with Crippen molar-refractivity contribution in [1.82, 2.24) is 9.21 Å². The van der Waals surface area contributed by atoms with E-state index in [9.17, 15) is 18.0 Å². The Morgan fingerprint density at radius 3 is 2.29 bits per heavy atom. The predicted molar refractivity (Wildman–Crippen MR) is 74.4 cm³/mol. The molecule has 114 valence electrons. The summed E-state index contributed by atoms with van der Waals surface area (Å²) >= 11 is 0. The van der Waals surface area contributed by atoms with Crippen LogP contribution in [-0.4, -0.2) is 60.8 Å². The molecule has 0 aliphatic carbocycles. The van der Waals surface area contributed by atoms with E-state index in [0.717, 1.165) is 6.07 Å². The van der Waals surface area contributed by atoms with Crippen LogP contribution in [0.3, 0.4) is 0 Å². The van der Waals surface area contributed by atoms with Gasteiger partial charge in [-0.1, -0.05) is 6.07 Å². The number of sulfonamides is 1. The van der Waals surface area contributed by atoms with Gasteiger partial charge in [-0.2, -0.15) is 4.31 Å².